The summed E-state index contributed by atoms with van der Waals surface area (Å²) in [6.07, 6.45) is 1.82. The van der Waals surface area contributed by atoms with Crippen LogP contribution in [0, 0.1) is 19.8 Å². The van der Waals surface area contributed by atoms with E-state index in [9.17, 15) is 8.42 Å². The lowest BCUT2D eigenvalue weighted by molar-refractivity contribution is 0.452. The van der Waals surface area contributed by atoms with Crippen LogP contribution in [0.2, 0.25) is 0 Å². The molecule has 120 valence electrons. The Labute approximate surface area is 132 Å². The molecule has 1 atom stereocenters. The number of aromatic amines is 1. The van der Waals surface area contributed by atoms with Gasteiger partial charge < -0.3 is 10.3 Å². The molecule has 0 bridgehead atoms. The minimum atomic E-state index is -2.81. The van der Waals surface area contributed by atoms with E-state index in [0.717, 1.165) is 31.6 Å². The zero-order valence-electron chi connectivity index (χ0n) is 13.3. The second kappa shape index (κ2) is 6.05. The van der Waals surface area contributed by atoms with E-state index in [2.05, 4.69) is 42.3 Å². The van der Waals surface area contributed by atoms with Gasteiger partial charge in [-0.2, -0.15) is 0 Å². The van der Waals surface area contributed by atoms with Crippen LogP contribution in [0.15, 0.2) is 18.2 Å². The van der Waals surface area contributed by atoms with Gasteiger partial charge in [0, 0.05) is 23.1 Å². The van der Waals surface area contributed by atoms with Gasteiger partial charge in [-0.05, 0) is 62.4 Å². The number of aromatic nitrogens is 1. The SMILES string of the molecule is Cc1cc(C)c2cc(CNCC3CCCS(=O)(=O)C3)[nH]c2c1. The first-order valence-corrected chi connectivity index (χ1v) is 9.75. The summed E-state index contributed by atoms with van der Waals surface area (Å²) in [7, 11) is -2.81. The lowest BCUT2D eigenvalue weighted by Crippen LogP contribution is -2.32. The molecular formula is C17H24N2O2S. The van der Waals surface area contributed by atoms with Crippen LogP contribution in [0.4, 0.5) is 0 Å². The summed E-state index contributed by atoms with van der Waals surface area (Å²) < 4.78 is 23.3. The Morgan fingerprint density at radius 1 is 1.27 bits per heavy atom. The standard InChI is InChI=1S/C17H24N2O2S/c1-12-6-13(2)16-8-15(19-17(16)7-12)10-18-9-14-4-3-5-22(20,21)11-14/h6-8,14,18-19H,3-5,9-11H2,1-2H3. The summed E-state index contributed by atoms with van der Waals surface area (Å²) in [6, 6.07) is 6.55. The lowest BCUT2D eigenvalue weighted by Gasteiger charge is -2.22. The highest BCUT2D eigenvalue weighted by Crippen LogP contribution is 2.22. The van der Waals surface area contributed by atoms with Gasteiger partial charge >= 0.3 is 0 Å². The van der Waals surface area contributed by atoms with Gasteiger partial charge in [-0.15, -0.1) is 0 Å². The van der Waals surface area contributed by atoms with Crippen LogP contribution in [-0.4, -0.2) is 31.5 Å². The molecule has 1 aliphatic rings. The third-order valence-corrected chi connectivity index (χ3v) is 6.34. The zero-order valence-corrected chi connectivity index (χ0v) is 14.1. The molecule has 1 fully saturated rings. The van der Waals surface area contributed by atoms with Crippen molar-refractivity contribution in [2.24, 2.45) is 5.92 Å². The number of fused-ring (bicyclic) bond motifs is 1. The number of sulfone groups is 1. The van der Waals surface area contributed by atoms with Gasteiger partial charge in [0.25, 0.3) is 0 Å². The average molecular weight is 320 g/mol. The number of nitrogens with one attached hydrogen (secondary N) is 2. The Balaban J connectivity index is 1.61. The Morgan fingerprint density at radius 3 is 2.86 bits per heavy atom. The average Bonchev–Trinajstić information content (AvgIpc) is 2.80. The highest BCUT2D eigenvalue weighted by molar-refractivity contribution is 7.91. The van der Waals surface area contributed by atoms with Gasteiger partial charge in [-0.1, -0.05) is 6.07 Å². The molecule has 5 heteroatoms. The monoisotopic (exact) mass is 320 g/mol. The Hall–Kier alpha value is -1.33. The fourth-order valence-corrected chi connectivity index (χ4v) is 5.22. The number of aryl methyl sites for hydroxylation is 2. The third-order valence-electron chi connectivity index (χ3n) is 4.45. The van der Waals surface area contributed by atoms with E-state index in [0.29, 0.717) is 11.5 Å². The number of hydrogen-bond acceptors (Lipinski definition) is 3. The van der Waals surface area contributed by atoms with E-state index in [1.807, 2.05) is 0 Å². The van der Waals surface area contributed by atoms with Crippen molar-refractivity contribution in [3.63, 3.8) is 0 Å². The van der Waals surface area contributed by atoms with Crippen molar-refractivity contribution in [2.75, 3.05) is 18.1 Å². The summed E-state index contributed by atoms with van der Waals surface area (Å²) in [4.78, 5) is 3.45. The Bertz CT molecular complexity index is 777. The number of H-pyrrole nitrogens is 1. The molecular weight excluding hydrogens is 296 g/mol. The van der Waals surface area contributed by atoms with Gasteiger partial charge in [0.05, 0.1) is 11.5 Å². The molecule has 3 rings (SSSR count). The first kappa shape index (κ1) is 15.6. The summed E-state index contributed by atoms with van der Waals surface area (Å²) in [6.45, 7) is 5.76. The number of rotatable bonds is 4. The van der Waals surface area contributed by atoms with Crippen LogP contribution in [-0.2, 0) is 16.4 Å². The van der Waals surface area contributed by atoms with Crippen molar-refractivity contribution >= 4 is 20.7 Å². The summed E-state index contributed by atoms with van der Waals surface area (Å²) in [5.41, 5.74) is 4.88. The highest BCUT2D eigenvalue weighted by Gasteiger charge is 2.24. The fourth-order valence-electron chi connectivity index (χ4n) is 3.44. The molecule has 1 aromatic carbocycles. The van der Waals surface area contributed by atoms with Crippen LogP contribution >= 0.6 is 0 Å². The predicted molar refractivity (Wildman–Crippen MR) is 90.9 cm³/mol. The van der Waals surface area contributed by atoms with E-state index in [-0.39, 0.29) is 5.92 Å². The van der Waals surface area contributed by atoms with E-state index in [4.69, 9.17) is 0 Å². The van der Waals surface area contributed by atoms with Crippen LogP contribution in [0.3, 0.4) is 0 Å². The van der Waals surface area contributed by atoms with Crippen molar-refractivity contribution in [1.82, 2.24) is 10.3 Å². The van der Waals surface area contributed by atoms with Crippen LogP contribution in [0.5, 0.6) is 0 Å². The van der Waals surface area contributed by atoms with Crippen molar-refractivity contribution < 1.29 is 8.42 Å². The fraction of sp³-hybridized carbons (Fsp3) is 0.529. The summed E-state index contributed by atoms with van der Waals surface area (Å²) in [5.74, 6) is 0.960. The van der Waals surface area contributed by atoms with E-state index in [1.54, 1.807) is 0 Å². The summed E-state index contributed by atoms with van der Waals surface area (Å²) in [5, 5.41) is 4.67. The van der Waals surface area contributed by atoms with Crippen LogP contribution < -0.4 is 5.32 Å². The molecule has 1 saturated heterocycles. The quantitative estimate of drug-likeness (QED) is 0.910. The van der Waals surface area contributed by atoms with E-state index < -0.39 is 9.84 Å². The molecule has 1 aromatic heterocycles. The normalized spacial score (nSPS) is 21.3. The topological polar surface area (TPSA) is 62.0 Å². The molecule has 4 nitrogen and oxygen atoms in total. The predicted octanol–water partition coefficient (Wildman–Crippen LogP) is 2.70. The van der Waals surface area contributed by atoms with Gasteiger partial charge in [0.1, 0.15) is 0 Å². The van der Waals surface area contributed by atoms with Crippen molar-refractivity contribution in [1.29, 1.82) is 0 Å². The molecule has 1 aliphatic heterocycles. The maximum Gasteiger partial charge on any atom is 0.150 e. The van der Waals surface area contributed by atoms with E-state index >= 15 is 0 Å². The molecule has 2 heterocycles. The molecule has 0 spiro atoms. The van der Waals surface area contributed by atoms with Gasteiger partial charge in [0.15, 0.2) is 9.84 Å². The molecule has 2 aromatic rings. The number of hydrogen-bond donors (Lipinski definition) is 2. The van der Waals surface area contributed by atoms with Crippen molar-refractivity contribution in [3.8, 4) is 0 Å². The smallest absolute Gasteiger partial charge is 0.150 e. The van der Waals surface area contributed by atoms with Gasteiger partial charge in [0.2, 0.25) is 0 Å². The molecule has 1 unspecified atom stereocenters. The molecule has 22 heavy (non-hydrogen) atoms. The molecule has 0 saturated carbocycles. The zero-order chi connectivity index (χ0) is 15.7. The van der Waals surface area contributed by atoms with Gasteiger partial charge in [-0.3, -0.25) is 0 Å². The molecule has 2 N–H and O–H groups in total. The first-order valence-electron chi connectivity index (χ1n) is 7.93. The minimum absolute atomic E-state index is 0.257. The number of benzene rings is 1. The second-order valence-corrected chi connectivity index (χ2v) is 8.82. The molecule has 0 amide bonds. The first-order chi connectivity index (χ1) is 10.4. The Morgan fingerprint density at radius 2 is 2.09 bits per heavy atom. The van der Waals surface area contributed by atoms with Crippen molar-refractivity contribution in [2.45, 2.75) is 33.2 Å². The van der Waals surface area contributed by atoms with Crippen LogP contribution in [0.25, 0.3) is 10.9 Å². The van der Waals surface area contributed by atoms with Gasteiger partial charge in [-0.25, -0.2) is 8.42 Å². The highest BCUT2D eigenvalue weighted by atomic mass is 32.2. The Kier molecular flexibility index (Phi) is 4.28. The van der Waals surface area contributed by atoms with Crippen LogP contribution in [0.1, 0.15) is 29.7 Å². The minimum Gasteiger partial charge on any atom is -0.357 e. The molecule has 0 radical (unpaired) electrons. The molecule has 0 aliphatic carbocycles. The largest absolute Gasteiger partial charge is 0.357 e. The maximum atomic E-state index is 11.6. The van der Waals surface area contributed by atoms with E-state index in [1.165, 1.54) is 22.0 Å². The summed E-state index contributed by atoms with van der Waals surface area (Å²) >= 11 is 0. The second-order valence-electron chi connectivity index (χ2n) is 6.59. The third kappa shape index (κ3) is 3.52. The maximum absolute atomic E-state index is 11.6. The lowest BCUT2D eigenvalue weighted by atomic mass is 10.1. The van der Waals surface area contributed by atoms with Crippen molar-refractivity contribution in [3.05, 3.63) is 35.0 Å².